The Bertz CT molecular complexity index is 342. The van der Waals surface area contributed by atoms with Gasteiger partial charge in [0.2, 0.25) is 0 Å². The van der Waals surface area contributed by atoms with E-state index >= 15 is 0 Å². The SMILES string of the molecule is CCn1nc(C)c(Br)c1CC=CCCN. The van der Waals surface area contributed by atoms with Crippen LogP contribution in [0.5, 0.6) is 0 Å². The fraction of sp³-hybridized carbons (Fsp3) is 0.545. The fourth-order valence-electron chi connectivity index (χ4n) is 1.47. The van der Waals surface area contributed by atoms with Crippen molar-refractivity contribution in [2.24, 2.45) is 5.73 Å². The number of hydrogen-bond acceptors (Lipinski definition) is 2. The van der Waals surface area contributed by atoms with E-state index in [1.807, 2.05) is 11.6 Å². The third-order valence-corrected chi connectivity index (χ3v) is 3.30. The Morgan fingerprint density at radius 1 is 1.47 bits per heavy atom. The minimum atomic E-state index is 0.712. The average Bonchev–Trinajstić information content (AvgIpc) is 2.51. The molecule has 0 saturated carbocycles. The minimum absolute atomic E-state index is 0.712. The second-order valence-corrected chi connectivity index (χ2v) is 4.21. The van der Waals surface area contributed by atoms with E-state index in [1.165, 1.54) is 5.69 Å². The molecule has 15 heavy (non-hydrogen) atoms. The number of aryl methyl sites for hydroxylation is 2. The van der Waals surface area contributed by atoms with Gasteiger partial charge in [0.25, 0.3) is 0 Å². The Morgan fingerprint density at radius 2 is 2.20 bits per heavy atom. The Kier molecular flexibility index (Phi) is 5.05. The lowest BCUT2D eigenvalue weighted by molar-refractivity contribution is 0.626. The Balaban J connectivity index is 2.74. The van der Waals surface area contributed by atoms with Crippen LogP contribution in [-0.4, -0.2) is 16.3 Å². The van der Waals surface area contributed by atoms with Crippen molar-refractivity contribution < 1.29 is 0 Å². The van der Waals surface area contributed by atoms with Gasteiger partial charge < -0.3 is 5.73 Å². The molecule has 1 rings (SSSR count). The Labute approximate surface area is 99.5 Å². The number of hydrogen-bond donors (Lipinski definition) is 1. The summed E-state index contributed by atoms with van der Waals surface area (Å²) in [4.78, 5) is 0. The van der Waals surface area contributed by atoms with Crippen LogP contribution < -0.4 is 5.73 Å². The molecule has 1 aromatic heterocycles. The van der Waals surface area contributed by atoms with Crippen LogP contribution in [0, 0.1) is 6.92 Å². The first-order valence-electron chi connectivity index (χ1n) is 5.27. The maximum Gasteiger partial charge on any atom is 0.0738 e. The van der Waals surface area contributed by atoms with E-state index in [4.69, 9.17) is 5.73 Å². The van der Waals surface area contributed by atoms with Crippen molar-refractivity contribution in [1.82, 2.24) is 9.78 Å². The van der Waals surface area contributed by atoms with Crippen LogP contribution in [0.15, 0.2) is 16.6 Å². The van der Waals surface area contributed by atoms with E-state index in [0.717, 1.165) is 29.6 Å². The largest absolute Gasteiger partial charge is 0.330 e. The molecule has 4 heteroatoms. The van der Waals surface area contributed by atoms with Gasteiger partial charge in [-0.15, -0.1) is 0 Å². The monoisotopic (exact) mass is 271 g/mol. The third-order valence-electron chi connectivity index (χ3n) is 2.26. The van der Waals surface area contributed by atoms with E-state index in [-0.39, 0.29) is 0 Å². The number of halogens is 1. The van der Waals surface area contributed by atoms with Crippen LogP contribution in [0.2, 0.25) is 0 Å². The molecular weight excluding hydrogens is 254 g/mol. The van der Waals surface area contributed by atoms with Gasteiger partial charge in [0.1, 0.15) is 0 Å². The highest BCUT2D eigenvalue weighted by Crippen LogP contribution is 2.21. The summed E-state index contributed by atoms with van der Waals surface area (Å²) in [5, 5.41) is 4.44. The van der Waals surface area contributed by atoms with E-state index in [9.17, 15) is 0 Å². The molecular formula is C11H18BrN3. The summed E-state index contributed by atoms with van der Waals surface area (Å²) in [6, 6.07) is 0. The standard InChI is InChI=1S/C11H18BrN3/c1-3-15-10(7-5-4-6-8-13)11(12)9(2)14-15/h4-5H,3,6-8,13H2,1-2H3. The Morgan fingerprint density at radius 3 is 2.80 bits per heavy atom. The summed E-state index contributed by atoms with van der Waals surface area (Å²) in [6.45, 7) is 5.74. The van der Waals surface area contributed by atoms with Crippen molar-refractivity contribution in [2.45, 2.75) is 33.2 Å². The van der Waals surface area contributed by atoms with Gasteiger partial charge in [-0.1, -0.05) is 12.2 Å². The lowest BCUT2D eigenvalue weighted by Crippen LogP contribution is -2.02. The fourth-order valence-corrected chi connectivity index (χ4v) is 1.92. The van der Waals surface area contributed by atoms with Crippen molar-refractivity contribution in [1.29, 1.82) is 0 Å². The highest BCUT2D eigenvalue weighted by Gasteiger charge is 2.09. The highest BCUT2D eigenvalue weighted by atomic mass is 79.9. The second-order valence-electron chi connectivity index (χ2n) is 3.41. The average molecular weight is 272 g/mol. The number of nitrogens with two attached hydrogens (primary N) is 1. The van der Waals surface area contributed by atoms with Crippen molar-refractivity contribution in [3.8, 4) is 0 Å². The number of allylic oxidation sites excluding steroid dienone is 1. The second kappa shape index (κ2) is 6.08. The lowest BCUT2D eigenvalue weighted by atomic mass is 10.2. The zero-order valence-corrected chi connectivity index (χ0v) is 10.9. The molecule has 0 atom stereocenters. The summed E-state index contributed by atoms with van der Waals surface area (Å²) in [5.41, 5.74) is 7.71. The summed E-state index contributed by atoms with van der Waals surface area (Å²) < 4.78 is 3.16. The van der Waals surface area contributed by atoms with Gasteiger partial charge in [-0.05, 0) is 42.7 Å². The van der Waals surface area contributed by atoms with Crippen LogP contribution >= 0.6 is 15.9 Å². The topological polar surface area (TPSA) is 43.8 Å². The first-order valence-corrected chi connectivity index (χ1v) is 6.06. The summed E-state index contributed by atoms with van der Waals surface area (Å²) in [6.07, 6.45) is 6.13. The molecule has 1 aromatic rings. The van der Waals surface area contributed by atoms with Crippen molar-refractivity contribution in [3.63, 3.8) is 0 Å². The van der Waals surface area contributed by atoms with Crippen molar-refractivity contribution in [2.75, 3.05) is 6.54 Å². The van der Waals surface area contributed by atoms with Crippen LogP contribution in [0.1, 0.15) is 24.7 Å². The number of nitrogens with zero attached hydrogens (tertiary/aromatic N) is 2. The molecule has 0 aliphatic rings. The molecule has 0 unspecified atom stereocenters. The van der Waals surface area contributed by atoms with Gasteiger partial charge in [-0.25, -0.2) is 0 Å². The molecule has 0 aromatic carbocycles. The van der Waals surface area contributed by atoms with Gasteiger partial charge >= 0.3 is 0 Å². The van der Waals surface area contributed by atoms with E-state index in [2.05, 4.69) is 40.1 Å². The highest BCUT2D eigenvalue weighted by molar-refractivity contribution is 9.10. The van der Waals surface area contributed by atoms with Gasteiger partial charge in [0.15, 0.2) is 0 Å². The Hall–Kier alpha value is -0.610. The van der Waals surface area contributed by atoms with Crippen LogP contribution in [-0.2, 0) is 13.0 Å². The molecule has 0 aliphatic carbocycles. The normalized spacial score (nSPS) is 11.5. The molecule has 3 nitrogen and oxygen atoms in total. The molecule has 0 saturated heterocycles. The quantitative estimate of drug-likeness (QED) is 0.836. The predicted octanol–water partition coefficient (Wildman–Crippen LogP) is 2.42. The van der Waals surface area contributed by atoms with Gasteiger partial charge in [-0.2, -0.15) is 5.10 Å². The maximum atomic E-state index is 5.42. The van der Waals surface area contributed by atoms with Gasteiger partial charge in [0.05, 0.1) is 15.9 Å². The van der Waals surface area contributed by atoms with Crippen molar-refractivity contribution >= 4 is 15.9 Å². The molecule has 0 radical (unpaired) electrons. The zero-order valence-electron chi connectivity index (χ0n) is 9.33. The third kappa shape index (κ3) is 3.18. The smallest absolute Gasteiger partial charge is 0.0738 e. The number of aromatic nitrogens is 2. The van der Waals surface area contributed by atoms with Gasteiger partial charge in [0, 0.05) is 13.0 Å². The first-order chi connectivity index (χ1) is 7.20. The molecule has 84 valence electrons. The lowest BCUT2D eigenvalue weighted by Gasteiger charge is -2.01. The van der Waals surface area contributed by atoms with Crippen LogP contribution in [0.3, 0.4) is 0 Å². The van der Waals surface area contributed by atoms with Crippen LogP contribution in [0.4, 0.5) is 0 Å². The molecule has 2 N–H and O–H groups in total. The van der Waals surface area contributed by atoms with Gasteiger partial charge in [-0.3, -0.25) is 4.68 Å². The number of rotatable bonds is 5. The molecule has 0 aliphatic heterocycles. The summed E-state index contributed by atoms with van der Waals surface area (Å²) in [7, 11) is 0. The summed E-state index contributed by atoms with van der Waals surface area (Å²) in [5.74, 6) is 0. The zero-order chi connectivity index (χ0) is 11.3. The maximum absolute atomic E-state index is 5.42. The molecule has 1 heterocycles. The predicted molar refractivity (Wildman–Crippen MR) is 66.9 cm³/mol. The molecule has 0 amide bonds. The van der Waals surface area contributed by atoms with E-state index in [0.29, 0.717) is 6.54 Å². The molecule has 0 fully saturated rings. The molecule has 0 spiro atoms. The van der Waals surface area contributed by atoms with E-state index < -0.39 is 0 Å². The first kappa shape index (κ1) is 12.5. The molecule has 0 bridgehead atoms. The van der Waals surface area contributed by atoms with E-state index in [1.54, 1.807) is 0 Å². The van der Waals surface area contributed by atoms with Crippen LogP contribution in [0.25, 0.3) is 0 Å². The minimum Gasteiger partial charge on any atom is -0.330 e. The van der Waals surface area contributed by atoms with Crippen molar-refractivity contribution in [3.05, 3.63) is 28.0 Å². The summed E-state index contributed by atoms with van der Waals surface area (Å²) >= 11 is 3.57.